The molecular weight excluding hydrogens is 320 g/mol. The van der Waals surface area contributed by atoms with E-state index in [1.54, 1.807) is 4.90 Å². The highest BCUT2D eigenvalue weighted by Gasteiger charge is 2.25. The molecule has 1 amide bonds. The van der Waals surface area contributed by atoms with Crippen LogP contribution in [0.15, 0.2) is 47.4 Å². The lowest BCUT2D eigenvalue weighted by Crippen LogP contribution is -2.42. The van der Waals surface area contributed by atoms with E-state index in [0.717, 1.165) is 29.5 Å². The fraction of sp³-hybridized carbons (Fsp3) is 0.278. The molecule has 4 rings (SSSR count). The number of hydrogen-bond acceptors (Lipinski definition) is 4. The van der Waals surface area contributed by atoms with Gasteiger partial charge in [0.15, 0.2) is 0 Å². The number of hydrogen-bond donors (Lipinski definition) is 2. The summed E-state index contributed by atoms with van der Waals surface area (Å²) in [5.74, 6) is 0.702. The van der Waals surface area contributed by atoms with Crippen molar-refractivity contribution in [1.82, 2.24) is 20.1 Å². The van der Waals surface area contributed by atoms with Crippen LogP contribution in [0, 0.1) is 0 Å². The summed E-state index contributed by atoms with van der Waals surface area (Å²) in [5.41, 5.74) is 0.993. The van der Waals surface area contributed by atoms with Crippen molar-refractivity contribution < 1.29 is 9.53 Å². The summed E-state index contributed by atoms with van der Waals surface area (Å²) in [6, 6.07) is 10.7. The zero-order valence-corrected chi connectivity index (χ0v) is 13.6. The Bertz CT molecular complexity index is 934. The van der Waals surface area contributed by atoms with Gasteiger partial charge in [-0.05, 0) is 24.3 Å². The molecule has 25 heavy (non-hydrogen) atoms. The van der Waals surface area contributed by atoms with E-state index in [9.17, 15) is 9.59 Å². The molecule has 7 heteroatoms. The second-order valence-electron chi connectivity index (χ2n) is 6.11. The van der Waals surface area contributed by atoms with Crippen LogP contribution in [0.25, 0.3) is 10.9 Å². The van der Waals surface area contributed by atoms with E-state index in [4.69, 9.17) is 4.74 Å². The number of piperidine rings is 1. The minimum atomic E-state index is -0.317. The first-order valence-corrected chi connectivity index (χ1v) is 8.28. The Hall–Kier alpha value is -3.09. The summed E-state index contributed by atoms with van der Waals surface area (Å²) in [7, 11) is 0. The van der Waals surface area contributed by atoms with Gasteiger partial charge in [-0.1, -0.05) is 6.07 Å². The highest BCUT2D eigenvalue weighted by Crippen LogP contribution is 2.27. The van der Waals surface area contributed by atoms with Crippen LogP contribution in [0.3, 0.4) is 0 Å². The van der Waals surface area contributed by atoms with Crippen molar-refractivity contribution in [2.24, 2.45) is 0 Å². The lowest BCUT2D eigenvalue weighted by atomic mass is 10.1. The largest absolute Gasteiger partial charge is 0.490 e. The Morgan fingerprint density at radius 3 is 2.76 bits per heavy atom. The van der Waals surface area contributed by atoms with Gasteiger partial charge in [0.1, 0.15) is 17.5 Å². The Labute approximate surface area is 143 Å². The summed E-state index contributed by atoms with van der Waals surface area (Å²) >= 11 is 0. The Kier molecular flexibility index (Phi) is 3.97. The van der Waals surface area contributed by atoms with Crippen LogP contribution >= 0.6 is 0 Å². The zero-order chi connectivity index (χ0) is 17.2. The number of ether oxygens (including phenoxy) is 1. The lowest BCUT2D eigenvalue weighted by molar-refractivity contribution is 0.0591. The number of aromatic amines is 2. The quantitative estimate of drug-likeness (QED) is 0.763. The number of benzene rings is 1. The molecule has 1 saturated heterocycles. The Balaban J connectivity index is 1.40. The molecule has 1 aromatic carbocycles. The van der Waals surface area contributed by atoms with Gasteiger partial charge in [-0.15, -0.1) is 0 Å². The summed E-state index contributed by atoms with van der Waals surface area (Å²) in [5, 5.41) is 7.17. The molecule has 0 aliphatic carbocycles. The molecule has 3 heterocycles. The van der Waals surface area contributed by atoms with Crippen LogP contribution in [0.2, 0.25) is 0 Å². The standard InChI is InChI=1S/C18H18N4O3/c23-17-5-4-15(20-21-17)18(24)22-10-7-12(8-11-22)25-16-3-1-2-14-13(16)6-9-19-14/h1-6,9,12,19H,7-8,10-11H2,(H,21,23). The third-order valence-electron chi connectivity index (χ3n) is 4.48. The third kappa shape index (κ3) is 3.13. The molecule has 2 aromatic heterocycles. The van der Waals surface area contributed by atoms with Crippen molar-refractivity contribution >= 4 is 16.8 Å². The molecule has 1 aliphatic heterocycles. The number of carbonyl (C=O) groups excluding carboxylic acids is 1. The predicted molar refractivity (Wildman–Crippen MR) is 92.7 cm³/mol. The van der Waals surface area contributed by atoms with Crippen LogP contribution in [0.4, 0.5) is 0 Å². The fourth-order valence-corrected chi connectivity index (χ4v) is 3.14. The van der Waals surface area contributed by atoms with Gasteiger partial charge >= 0.3 is 0 Å². The minimum Gasteiger partial charge on any atom is -0.490 e. The normalized spacial score (nSPS) is 15.4. The van der Waals surface area contributed by atoms with E-state index in [1.165, 1.54) is 12.1 Å². The van der Waals surface area contributed by atoms with E-state index in [0.29, 0.717) is 13.1 Å². The van der Waals surface area contributed by atoms with E-state index < -0.39 is 0 Å². The number of fused-ring (bicyclic) bond motifs is 1. The molecule has 0 spiro atoms. The first-order chi connectivity index (χ1) is 12.2. The monoisotopic (exact) mass is 338 g/mol. The molecule has 7 nitrogen and oxygen atoms in total. The van der Waals surface area contributed by atoms with Crippen molar-refractivity contribution in [3.05, 3.63) is 58.6 Å². The summed E-state index contributed by atoms with van der Waals surface area (Å²) in [6.07, 6.45) is 3.50. The number of H-pyrrole nitrogens is 2. The van der Waals surface area contributed by atoms with Gasteiger partial charge in [-0.2, -0.15) is 5.10 Å². The molecule has 1 aliphatic rings. The number of amides is 1. The number of nitrogens with zero attached hydrogens (tertiary/aromatic N) is 2. The van der Waals surface area contributed by atoms with Gasteiger partial charge in [-0.3, -0.25) is 9.59 Å². The number of rotatable bonds is 3. The topological polar surface area (TPSA) is 91.1 Å². The highest BCUT2D eigenvalue weighted by atomic mass is 16.5. The van der Waals surface area contributed by atoms with Crippen LogP contribution in [-0.2, 0) is 0 Å². The molecule has 2 N–H and O–H groups in total. The predicted octanol–water partition coefficient (Wildman–Crippen LogP) is 1.93. The number of likely N-dealkylation sites (tertiary alicyclic amines) is 1. The first-order valence-electron chi connectivity index (χ1n) is 8.28. The molecule has 1 fully saturated rings. The van der Waals surface area contributed by atoms with Gasteiger partial charge in [0, 0.05) is 49.1 Å². The zero-order valence-electron chi connectivity index (χ0n) is 13.6. The molecule has 0 unspecified atom stereocenters. The Morgan fingerprint density at radius 2 is 2.00 bits per heavy atom. The van der Waals surface area contributed by atoms with Gasteiger partial charge < -0.3 is 14.6 Å². The van der Waals surface area contributed by atoms with Crippen molar-refractivity contribution in [1.29, 1.82) is 0 Å². The van der Waals surface area contributed by atoms with E-state index in [2.05, 4.69) is 15.2 Å². The number of aromatic nitrogens is 3. The number of nitrogens with one attached hydrogen (secondary N) is 2. The van der Waals surface area contributed by atoms with Crippen LogP contribution < -0.4 is 10.3 Å². The molecule has 0 bridgehead atoms. The van der Waals surface area contributed by atoms with Crippen LogP contribution in [-0.4, -0.2) is 45.2 Å². The van der Waals surface area contributed by atoms with Crippen molar-refractivity contribution in [3.8, 4) is 5.75 Å². The molecule has 0 radical (unpaired) electrons. The smallest absolute Gasteiger partial charge is 0.274 e. The van der Waals surface area contributed by atoms with Gasteiger partial charge in [0.2, 0.25) is 0 Å². The molecular formula is C18H18N4O3. The van der Waals surface area contributed by atoms with Crippen molar-refractivity contribution in [2.45, 2.75) is 18.9 Å². The van der Waals surface area contributed by atoms with E-state index in [1.807, 2.05) is 30.5 Å². The lowest BCUT2D eigenvalue weighted by Gasteiger charge is -2.32. The average Bonchev–Trinajstić information content (AvgIpc) is 3.12. The van der Waals surface area contributed by atoms with Crippen molar-refractivity contribution in [2.75, 3.05) is 13.1 Å². The van der Waals surface area contributed by atoms with Crippen molar-refractivity contribution in [3.63, 3.8) is 0 Å². The molecule has 0 atom stereocenters. The third-order valence-corrected chi connectivity index (χ3v) is 4.48. The summed E-state index contributed by atoms with van der Waals surface area (Å²) in [6.45, 7) is 1.21. The van der Waals surface area contributed by atoms with Gasteiger partial charge in [0.25, 0.3) is 11.5 Å². The van der Waals surface area contributed by atoms with E-state index >= 15 is 0 Å². The summed E-state index contributed by atoms with van der Waals surface area (Å²) in [4.78, 5) is 28.4. The molecule has 128 valence electrons. The molecule has 3 aromatic rings. The van der Waals surface area contributed by atoms with Gasteiger partial charge in [0.05, 0.1) is 0 Å². The molecule has 0 saturated carbocycles. The maximum absolute atomic E-state index is 12.4. The highest BCUT2D eigenvalue weighted by molar-refractivity contribution is 5.92. The number of carbonyl (C=O) groups is 1. The maximum atomic E-state index is 12.4. The van der Waals surface area contributed by atoms with Gasteiger partial charge in [-0.25, -0.2) is 5.10 Å². The first kappa shape index (κ1) is 15.4. The second-order valence-corrected chi connectivity index (χ2v) is 6.11. The SMILES string of the molecule is O=C(c1ccc(=O)[nH]n1)N1CCC(Oc2cccc3[nH]ccc23)CC1. The fourth-order valence-electron chi connectivity index (χ4n) is 3.14. The maximum Gasteiger partial charge on any atom is 0.274 e. The van der Waals surface area contributed by atoms with Crippen LogP contribution in [0.1, 0.15) is 23.3 Å². The minimum absolute atomic E-state index is 0.0769. The second kappa shape index (κ2) is 6.43. The Morgan fingerprint density at radius 1 is 1.16 bits per heavy atom. The van der Waals surface area contributed by atoms with E-state index in [-0.39, 0.29) is 23.3 Å². The van der Waals surface area contributed by atoms with Crippen LogP contribution in [0.5, 0.6) is 5.75 Å². The summed E-state index contributed by atoms with van der Waals surface area (Å²) < 4.78 is 6.16. The average molecular weight is 338 g/mol.